The Labute approximate surface area is 203 Å². The summed E-state index contributed by atoms with van der Waals surface area (Å²) < 4.78 is 0. The number of hydrogen-bond donors (Lipinski definition) is 4. The molecule has 196 valence electrons. The molecule has 6 heteroatoms. The van der Waals surface area contributed by atoms with Crippen LogP contribution < -0.4 is 10.6 Å². The molecule has 0 aromatic heterocycles. The molecule has 2 amide bonds. The van der Waals surface area contributed by atoms with Crippen LogP contribution >= 0.6 is 0 Å². The van der Waals surface area contributed by atoms with Gasteiger partial charge >= 0.3 is 0 Å². The summed E-state index contributed by atoms with van der Waals surface area (Å²) in [7, 11) is 0. The van der Waals surface area contributed by atoms with E-state index in [1.54, 1.807) is 13.8 Å². The number of nitrogens with one attached hydrogen (secondary N) is 2. The summed E-state index contributed by atoms with van der Waals surface area (Å²) >= 11 is 0. The van der Waals surface area contributed by atoms with Gasteiger partial charge in [-0.3, -0.25) is 9.59 Å². The van der Waals surface area contributed by atoms with Crippen LogP contribution in [-0.4, -0.2) is 45.3 Å². The maximum atomic E-state index is 13.4. The second-order valence-electron chi connectivity index (χ2n) is 11.2. The van der Waals surface area contributed by atoms with Crippen molar-refractivity contribution in [2.45, 2.75) is 144 Å². The fourth-order valence-electron chi connectivity index (χ4n) is 5.19. The highest BCUT2D eigenvalue weighted by molar-refractivity contribution is 6.04. The molecule has 33 heavy (non-hydrogen) atoms. The Morgan fingerprint density at radius 3 is 1.06 bits per heavy atom. The molecular weight excluding hydrogens is 416 g/mol. The lowest BCUT2D eigenvalue weighted by Gasteiger charge is -2.42. The minimum Gasteiger partial charge on any atom is -0.388 e. The van der Waals surface area contributed by atoms with Gasteiger partial charge in [0.25, 0.3) is 0 Å². The van der Waals surface area contributed by atoms with Crippen molar-refractivity contribution in [3.63, 3.8) is 0 Å². The van der Waals surface area contributed by atoms with E-state index in [4.69, 9.17) is 0 Å². The summed E-state index contributed by atoms with van der Waals surface area (Å²) in [6, 6.07) is -0.898. The first-order chi connectivity index (χ1) is 15.2. The quantitative estimate of drug-likeness (QED) is 0.240. The van der Waals surface area contributed by atoms with E-state index in [0.717, 1.165) is 25.7 Å². The predicted octanol–water partition coefficient (Wildman–Crippen LogP) is 4.96. The van der Waals surface area contributed by atoms with Crippen LogP contribution in [0, 0.1) is 17.3 Å². The third kappa shape index (κ3) is 8.54. The summed E-state index contributed by atoms with van der Waals surface area (Å²) in [4.78, 5) is 26.8. The molecule has 0 saturated heterocycles. The minimum atomic E-state index is -1.35. The highest BCUT2D eigenvalue weighted by Gasteiger charge is 2.45. The summed E-state index contributed by atoms with van der Waals surface area (Å²) in [5, 5.41) is 28.8. The number of rotatable bonds is 16. The van der Waals surface area contributed by atoms with Crippen molar-refractivity contribution in [1.29, 1.82) is 0 Å². The van der Waals surface area contributed by atoms with Gasteiger partial charge in [-0.2, -0.15) is 0 Å². The molecule has 0 aliphatic rings. The smallest absolute Gasteiger partial charge is 0.235 e. The van der Waals surface area contributed by atoms with E-state index >= 15 is 0 Å². The first-order valence-corrected chi connectivity index (χ1v) is 13.2. The Morgan fingerprint density at radius 1 is 0.636 bits per heavy atom. The minimum absolute atomic E-state index is 0.0125. The van der Waals surface area contributed by atoms with E-state index in [1.807, 2.05) is 55.4 Å². The van der Waals surface area contributed by atoms with Crippen LogP contribution in [0.2, 0.25) is 0 Å². The van der Waals surface area contributed by atoms with Crippen molar-refractivity contribution in [3.05, 3.63) is 0 Å². The SMILES string of the molecule is CCCC(O)(CCC)C(NC(=O)C(C)(C)C(=O)NC(C(C)C)C(O)(CCC)CCC)C(C)C. The second kappa shape index (κ2) is 13.7. The summed E-state index contributed by atoms with van der Waals surface area (Å²) in [6.45, 7) is 19.3. The first-order valence-electron chi connectivity index (χ1n) is 13.2. The first kappa shape index (κ1) is 31.9. The molecule has 4 N–H and O–H groups in total. The molecule has 0 aliphatic carbocycles. The van der Waals surface area contributed by atoms with Gasteiger partial charge in [-0.15, -0.1) is 0 Å². The molecule has 2 atom stereocenters. The molecule has 0 bridgehead atoms. The normalized spacial score (nSPS) is 15.0. The number of carbonyl (C=O) groups excluding carboxylic acids is 2. The summed E-state index contributed by atoms with van der Waals surface area (Å²) in [5.74, 6) is -0.778. The molecular formula is C27H54N2O4. The van der Waals surface area contributed by atoms with Crippen molar-refractivity contribution >= 4 is 11.8 Å². The Balaban J connectivity index is 5.82. The number of aliphatic hydroxyl groups is 2. The molecule has 0 saturated carbocycles. The van der Waals surface area contributed by atoms with Crippen LogP contribution in [0.1, 0.15) is 121 Å². The molecule has 0 aromatic carbocycles. The Morgan fingerprint density at radius 2 is 0.879 bits per heavy atom. The fraction of sp³-hybridized carbons (Fsp3) is 0.926. The van der Waals surface area contributed by atoms with Crippen molar-refractivity contribution in [1.82, 2.24) is 10.6 Å². The zero-order valence-electron chi connectivity index (χ0n) is 23.2. The second-order valence-corrected chi connectivity index (χ2v) is 11.2. The third-order valence-corrected chi connectivity index (χ3v) is 6.93. The highest BCUT2D eigenvalue weighted by Crippen LogP contribution is 2.31. The van der Waals surface area contributed by atoms with Crippen molar-refractivity contribution in [2.75, 3.05) is 0 Å². The molecule has 0 aliphatic heterocycles. The van der Waals surface area contributed by atoms with Gasteiger partial charge in [-0.05, 0) is 51.4 Å². The Bertz CT molecular complexity index is 539. The van der Waals surface area contributed by atoms with Gasteiger partial charge in [-0.1, -0.05) is 81.1 Å². The van der Waals surface area contributed by atoms with E-state index < -0.39 is 40.5 Å². The van der Waals surface area contributed by atoms with Gasteiger partial charge in [0.1, 0.15) is 5.41 Å². The Kier molecular flexibility index (Phi) is 13.2. The predicted molar refractivity (Wildman–Crippen MR) is 137 cm³/mol. The molecule has 2 unspecified atom stereocenters. The lowest BCUT2D eigenvalue weighted by atomic mass is 9.77. The largest absolute Gasteiger partial charge is 0.388 e. The molecule has 0 spiro atoms. The summed E-state index contributed by atoms with van der Waals surface area (Å²) in [5.41, 5.74) is -3.37. The van der Waals surface area contributed by atoms with Crippen LogP contribution in [-0.2, 0) is 9.59 Å². The number of hydrogen-bond acceptors (Lipinski definition) is 4. The standard InChI is InChI=1S/C27H54N2O4/c1-11-15-26(32,16-12-2)21(19(5)6)28-23(30)25(9,10)24(31)29-22(20(7)8)27(33,17-13-3)18-14-4/h19-22,32-33H,11-18H2,1-10H3,(H,28,30)(H,29,31). The van der Waals surface area contributed by atoms with Crippen LogP contribution in [0.25, 0.3) is 0 Å². The monoisotopic (exact) mass is 470 g/mol. The van der Waals surface area contributed by atoms with Gasteiger partial charge in [0.05, 0.1) is 23.3 Å². The molecule has 6 nitrogen and oxygen atoms in total. The maximum Gasteiger partial charge on any atom is 0.235 e. The number of amides is 2. The maximum absolute atomic E-state index is 13.4. The van der Waals surface area contributed by atoms with E-state index in [-0.39, 0.29) is 11.8 Å². The van der Waals surface area contributed by atoms with E-state index in [0.29, 0.717) is 25.7 Å². The van der Waals surface area contributed by atoms with E-state index in [9.17, 15) is 19.8 Å². The molecule has 0 aromatic rings. The van der Waals surface area contributed by atoms with Gasteiger partial charge in [0.15, 0.2) is 0 Å². The molecule has 0 heterocycles. The number of carbonyl (C=O) groups is 2. The van der Waals surface area contributed by atoms with Gasteiger partial charge in [0.2, 0.25) is 11.8 Å². The zero-order valence-corrected chi connectivity index (χ0v) is 23.2. The lowest BCUT2D eigenvalue weighted by molar-refractivity contribution is -0.146. The average Bonchev–Trinajstić information content (AvgIpc) is 2.69. The van der Waals surface area contributed by atoms with E-state index in [2.05, 4.69) is 10.6 Å². The molecule has 0 fully saturated rings. The molecule has 0 rings (SSSR count). The van der Waals surface area contributed by atoms with Gasteiger partial charge in [0, 0.05) is 0 Å². The van der Waals surface area contributed by atoms with Gasteiger partial charge < -0.3 is 20.8 Å². The molecule has 0 radical (unpaired) electrons. The van der Waals surface area contributed by atoms with Crippen molar-refractivity contribution < 1.29 is 19.8 Å². The topological polar surface area (TPSA) is 98.7 Å². The van der Waals surface area contributed by atoms with Gasteiger partial charge in [-0.25, -0.2) is 0 Å². The van der Waals surface area contributed by atoms with Crippen LogP contribution in [0.4, 0.5) is 0 Å². The fourth-order valence-corrected chi connectivity index (χ4v) is 5.19. The average molecular weight is 471 g/mol. The lowest BCUT2D eigenvalue weighted by Crippen LogP contribution is -2.62. The van der Waals surface area contributed by atoms with Crippen LogP contribution in [0.3, 0.4) is 0 Å². The highest BCUT2D eigenvalue weighted by atomic mass is 16.3. The van der Waals surface area contributed by atoms with E-state index in [1.165, 1.54) is 0 Å². The van der Waals surface area contributed by atoms with Crippen molar-refractivity contribution in [3.8, 4) is 0 Å². The van der Waals surface area contributed by atoms with Crippen LogP contribution in [0.5, 0.6) is 0 Å². The zero-order chi connectivity index (χ0) is 26.0. The van der Waals surface area contributed by atoms with Crippen LogP contribution in [0.15, 0.2) is 0 Å². The third-order valence-electron chi connectivity index (χ3n) is 6.93. The van der Waals surface area contributed by atoms with Crippen molar-refractivity contribution in [2.24, 2.45) is 17.3 Å². The Hall–Kier alpha value is -1.14. The summed E-state index contributed by atoms with van der Waals surface area (Å²) in [6.07, 6.45) is 5.60.